The van der Waals surface area contributed by atoms with E-state index < -0.39 is 49.2 Å². The lowest BCUT2D eigenvalue weighted by atomic mass is 10.2. The zero-order chi connectivity index (χ0) is 16.6. The fourth-order valence-electron chi connectivity index (χ4n) is 1.07. The largest absolute Gasteiger partial charge is 0.522 e. The smallest absolute Gasteiger partial charge is 0.389 e. The number of alkyl halides is 8. The number of halogens is 8. The predicted octanol–water partition coefficient (Wildman–Crippen LogP) is 1.56. The van der Waals surface area contributed by atoms with E-state index in [-0.39, 0.29) is 0 Å². The van der Waals surface area contributed by atoms with E-state index in [4.69, 9.17) is 0 Å². The van der Waals surface area contributed by atoms with Crippen LogP contribution >= 0.6 is 0 Å². The Labute approximate surface area is 109 Å². The zero-order valence-corrected chi connectivity index (χ0v) is 9.43. The minimum absolute atomic E-state index is 1.95. The number of cyclic esters (lactones) is 2. The summed E-state index contributed by atoms with van der Waals surface area (Å²) in [7, 11) is 0. The van der Waals surface area contributed by atoms with Crippen LogP contribution in [-0.2, 0) is 23.8 Å². The van der Waals surface area contributed by atoms with E-state index in [1.54, 1.807) is 0 Å². The summed E-state index contributed by atoms with van der Waals surface area (Å²) in [5.74, 6) is -9.52. The number of hydrogen-bond acceptors (Lipinski definition) is 5. The van der Waals surface area contributed by atoms with Crippen molar-refractivity contribution in [3.63, 3.8) is 0 Å². The second-order valence-electron chi connectivity index (χ2n) is 3.64. The van der Waals surface area contributed by atoms with E-state index in [0.29, 0.717) is 0 Å². The van der Waals surface area contributed by atoms with Crippen molar-refractivity contribution < 1.29 is 58.9 Å². The summed E-state index contributed by atoms with van der Waals surface area (Å²) >= 11 is 0. The normalized spacial score (nSPS) is 24.4. The molecule has 0 saturated carbocycles. The van der Waals surface area contributed by atoms with Crippen molar-refractivity contribution in [3.8, 4) is 0 Å². The molecule has 1 aliphatic rings. The maximum Gasteiger partial charge on any atom is 0.522 e. The summed E-state index contributed by atoms with van der Waals surface area (Å²) < 4.78 is 108. The maximum atomic E-state index is 13.0. The molecule has 1 aliphatic heterocycles. The van der Waals surface area contributed by atoms with Crippen LogP contribution in [0.5, 0.6) is 0 Å². The fourth-order valence-corrected chi connectivity index (χ4v) is 1.07. The number of hydrogen-bond donors (Lipinski definition) is 0. The van der Waals surface area contributed by atoms with E-state index in [1.807, 2.05) is 0 Å². The van der Waals surface area contributed by atoms with Crippen LogP contribution in [0.2, 0.25) is 0 Å². The third kappa shape index (κ3) is 4.00. The summed E-state index contributed by atoms with van der Waals surface area (Å²) in [6, 6.07) is 0. The molecule has 5 nitrogen and oxygen atoms in total. The van der Waals surface area contributed by atoms with Crippen molar-refractivity contribution >= 4 is 11.9 Å². The molecule has 0 N–H and O–H groups in total. The van der Waals surface area contributed by atoms with E-state index in [9.17, 15) is 44.7 Å². The summed E-state index contributed by atoms with van der Waals surface area (Å²) in [5, 5.41) is 0. The summed E-state index contributed by atoms with van der Waals surface area (Å²) in [4.78, 5) is 21.2. The van der Waals surface area contributed by atoms with Crippen LogP contribution in [0.3, 0.4) is 0 Å². The Morgan fingerprint density at radius 3 is 1.90 bits per heavy atom. The molecule has 0 aromatic rings. The number of rotatable bonds is 5. The molecule has 1 rings (SSSR count). The van der Waals surface area contributed by atoms with Crippen molar-refractivity contribution in [2.24, 2.45) is 0 Å². The highest BCUT2D eigenvalue weighted by molar-refractivity contribution is 5.99. The molecule has 1 fully saturated rings. The van der Waals surface area contributed by atoms with Gasteiger partial charge in [0, 0.05) is 0 Å². The van der Waals surface area contributed by atoms with Crippen LogP contribution in [0.4, 0.5) is 35.1 Å². The minimum Gasteiger partial charge on any atom is -0.389 e. The van der Waals surface area contributed by atoms with Gasteiger partial charge in [0.1, 0.15) is 6.61 Å². The summed E-state index contributed by atoms with van der Waals surface area (Å²) in [6.45, 7) is -2.85. The van der Waals surface area contributed by atoms with Crippen molar-refractivity contribution in [1.29, 1.82) is 0 Å². The van der Waals surface area contributed by atoms with Gasteiger partial charge in [-0.15, -0.1) is 13.2 Å². The second-order valence-corrected chi connectivity index (χ2v) is 3.64. The molecule has 0 aromatic carbocycles. The SMILES string of the molecule is O=C1OC(=O)[C@@H](F)C1OC(F)(F)C(F)(F)COC(F)(F)F. The van der Waals surface area contributed by atoms with Crippen molar-refractivity contribution in [2.75, 3.05) is 6.61 Å². The number of esters is 2. The monoisotopic (exact) mass is 332 g/mol. The standard InChI is InChI=1S/C8H4F8O5/c9-2-3(5(18)20-4(2)17)21-7(12,13)6(10,11)1-19-8(14,15)16/h2-3H,1H2/t2-,3?/m0/s1. The van der Waals surface area contributed by atoms with Crippen LogP contribution in [0, 0.1) is 0 Å². The van der Waals surface area contributed by atoms with E-state index in [2.05, 4.69) is 14.2 Å². The van der Waals surface area contributed by atoms with Crippen molar-refractivity contribution in [2.45, 2.75) is 30.7 Å². The highest BCUT2D eigenvalue weighted by atomic mass is 19.4. The molecule has 21 heavy (non-hydrogen) atoms. The van der Waals surface area contributed by atoms with Gasteiger partial charge >= 0.3 is 30.3 Å². The first-order chi connectivity index (χ1) is 9.27. The van der Waals surface area contributed by atoms with Gasteiger partial charge in [0.15, 0.2) is 0 Å². The Hall–Kier alpha value is -1.50. The van der Waals surface area contributed by atoms with Crippen molar-refractivity contribution in [1.82, 2.24) is 0 Å². The van der Waals surface area contributed by atoms with Crippen LogP contribution in [0.15, 0.2) is 0 Å². The van der Waals surface area contributed by atoms with Gasteiger partial charge < -0.3 is 4.74 Å². The number of ether oxygens (including phenoxy) is 3. The average molecular weight is 332 g/mol. The van der Waals surface area contributed by atoms with Gasteiger partial charge in [-0.2, -0.15) is 17.6 Å². The molecular formula is C8H4F8O5. The number of carbonyl (C=O) groups is 2. The first-order valence-corrected chi connectivity index (χ1v) is 4.80. The molecule has 0 amide bonds. The lowest BCUT2D eigenvalue weighted by molar-refractivity contribution is -0.399. The molecule has 1 unspecified atom stereocenters. The number of carbonyl (C=O) groups excluding carboxylic acids is 2. The third-order valence-corrected chi connectivity index (χ3v) is 2.04. The highest BCUT2D eigenvalue weighted by Gasteiger charge is 2.63. The molecule has 0 aromatic heterocycles. The van der Waals surface area contributed by atoms with Crippen LogP contribution < -0.4 is 0 Å². The molecule has 0 bridgehead atoms. The molecule has 1 saturated heterocycles. The van der Waals surface area contributed by atoms with Gasteiger partial charge in [0.2, 0.25) is 12.3 Å². The van der Waals surface area contributed by atoms with Gasteiger partial charge in [0.25, 0.3) is 0 Å². The second kappa shape index (κ2) is 5.36. The predicted molar refractivity (Wildman–Crippen MR) is 42.8 cm³/mol. The molecule has 0 radical (unpaired) electrons. The average Bonchev–Trinajstić information content (AvgIpc) is 2.52. The Morgan fingerprint density at radius 2 is 1.52 bits per heavy atom. The molecule has 0 aliphatic carbocycles. The van der Waals surface area contributed by atoms with Gasteiger partial charge in [-0.05, 0) is 0 Å². The Kier molecular flexibility index (Phi) is 4.48. The molecule has 122 valence electrons. The lowest BCUT2D eigenvalue weighted by Gasteiger charge is -2.27. The Morgan fingerprint density at radius 1 is 1.00 bits per heavy atom. The van der Waals surface area contributed by atoms with Crippen LogP contribution in [0.1, 0.15) is 0 Å². The quantitative estimate of drug-likeness (QED) is 0.434. The third-order valence-electron chi connectivity index (χ3n) is 2.04. The van der Waals surface area contributed by atoms with Crippen molar-refractivity contribution in [3.05, 3.63) is 0 Å². The van der Waals surface area contributed by atoms with Gasteiger partial charge in [0.05, 0.1) is 0 Å². The maximum absolute atomic E-state index is 13.0. The van der Waals surface area contributed by atoms with Gasteiger partial charge in [-0.1, -0.05) is 0 Å². The Balaban J connectivity index is 2.79. The van der Waals surface area contributed by atoms with E-state index in [1.165, 1.54) is 0 Å². The van der Waals surface area contributed by atoms with Crippen LogP contribution in [0.25, 0.3) is 0 Å². The zero-order valence-electron chi connectivity index (χ0n) is 9.43. The summed E-state index contributed by atoms with van der Waals surface area (Å²) in [5.41, 5.74) is 0. The first kappa shape index (κ1) is 17.6. The fraction of sp³-hybridized carbons (Fsp3) is 0.750. The lowest BCUT2D eigenvalue weighted by Crippen LogP contribution is -2.51. The highest BCUT2D eigenvalue weighted by Crippen LogP contribution is 2.39. The van der Waals surface area contributed by atoms with E-state index in [0.717, 1.165) is 0 Å². The van der Waals surface area contributed by atoms with Crippen LogP contribution in [-0.4, -0.2) is 49.2 Å². The molecule has 1 heterocycles. The molecule has 2 atom stereocenters. The first-order valence-electron chi connectivity index (χ1n) is 4.80. The molecular weight excluding hydrogens is 328 g/mol. The minimum atomic E-state index is -5.73. The van der Waals surface area contributed by atoms with Gasteiger partial charge in [-0.25, -0.2) is 14.0 Å². The van der Waals surface area contributed by atoms with E-state index >= 15 is 0 Å². The Bertz CT molecular complexity index is 433. The molecule has 13 heteroatoms. The topological polar surface area (TPSA) is 61.8 Å². The van der Waals surface area contributed by atoms with Gasteiger partial charge in [-0.3, -0.25) is 9.47 Å². The summed E-state index contributed by atoms with van der Waals surface area (Å²) in [6.07, 6.45) is -17.5. The molecule has 0 spiro atoms.